The van der Waals surface area contributed by atoms with Crippen molar-refractivity contribution in [2.24, 2.45) is 5.41 Å². The van der Waals surface area contributed by atoms with Gasteiger partial charge < -0.3 is 5.32 Å². The molecule has 1 fully saturated rings. The Bertz CT molecular complexity index is 408. The van der Waals surface area contributed by atoms with Crippen LogP contribution in [0.15, 0.2) is 0 Å². The standard InChI is InChI=1S/C12H20ClN3S/c1-11(2,3)9-15-10(17-16-9)14-8-6-7(13)12(8,4)5/h7-8H,6H2,1-5H3,(H,14,15,16). The SMILES string of the molecule is CC(C)(C)c1nsc(NC2CC(Cl)C2(C)C)n1. The van der Waals surface area contributed by atoms with Gasteiger partial charge in [0.15, 0.2) is 0 Å². The number of anilines is 1. The first-order chi connectivity index (χ1) is 7.71. The highest BCUT2D eigenvalue weighted by atomic mass is 35.5. The largest absolute Gasteiger partial charge is 0.357 e. The molecule has 1 heterocycles. The normalized spacial score (nSPS) is 27.6. The van der Waals surface area contributed by atoms with Gasteiger partial charge in [0.05, 0.1) is 0 Å². The maximum absolute atomic E-state index is 6.21. The van der Waals surface area contributed by atoms with Crippen LogP contribution in [0.2, 0.25) is 0 Å². The summed E-state index contributed by atoms with van der Waals surface area (Å²) in [5, 5.41) is 4.62. The van der Waals surface area contributed by atoms with Crippen molar-refractivity contribution in [3.05, 3.63) is 5.82 Å². The minimum Gasteiger partial charge on any atom is -0.357 e. The summed E-state index contributed by atoms with van der Waals surface area (Å²) >= 11 is 7.65. The van der Waals surface area contributed by atoms with E-state index in [4.69, 9.17) is 11.6 Å². The summed E-state index contributed by atoms with van der Waals surface area (Å²) in [6, 6.07) is 0.408. The first kappa shape index (κ1) is 13.1. The van der Waals surface area contributed by atoms with Crippen LogP contribution < -0.4 is 5.32 Å². The Labute approximate surface area is 112 Å². The lowest BCUT2D eigenvalue weighted by atomic mass is 9.67. The number of aromatic nitrogens is 2. The molecule has 3 nitrogen and oxygen atoms in total. The molecule has 17 heavy (non-hydrogen) atoms. The van der Waals surface area contributed by atoms with Crippen LogP contribution in [-0.2, 0) is 5.41 Å². The minimum atomic E-state index is 0.0145. The molecule has 1 aliphatic carbocycles. The molecule has 0 saturated heterocycles. The molecular weight excluding hydrogens is 254 g/mol. The first-order valence-electron chi connectivity index (χ1n) is 5.96. The van der Waals surface area contributed by atoms with Crippen molar-refractivity contribution >= 4 is 28.3 Å². The molecule has 0 aliphatic heterocycles. The second kappa shape index (κ2) is 4.09. The fourth-order valence-corrected chi connectivity index (χ4v) is 2.99. The Morgan fingerprint density at radius 1 is 1.41 bits per heavy atom. The summed E-state index contributed by atoms with van der Waals surface area (Å²) in [6.07, 6.45) is 0.999. The van der Waals surface area contributed by atoms with E-state index < -0.39 is 0 Å². The third-order valence-corrected chi connectivity index (χ3v) is 4.93. The number of hydrogen-bond acceptors (Lipinski definition) is 4. The van der Waals surface area contributed by atoms with E-state index in [0.717, 1.165) is 17.4 Å². The van der Waals surface area contributed by atoms with Gasteiger partial charge >= 0.3 is 0 Å². The molecular formula is C12H20ClN3S. The average molecular weight is 274 g/mol. The smallest absolute Gasteiger partial charge is 0.202 e. The average Bonchev–Trinajstić information content (AvgIpc) is 2.65. The van der Waals surface area contributed by atoms with Gasteiger partial charge in [-0.25, -0.2) is 4.98 Å². The van der Waals surface area contributed by atoms with E-state index in [1.807, 2.05) is 0 Å². The van der Waals surface area contributed by atoms with Gasteiger partial charge in [-0.3, -0.25) is 0 Å². The molecule has 2 atom stereocenters. The van der Waals surface area contributed by atoms with Crippen LogP contribution in [0.4, 0.5) is 5.13 Å². The van der Waals surface area contributed by atoms with Crippen LogP contribution in [-0.4, -0.2) is 20.8 Å². The van der Waals surface area contributed by atoms with E-state index >= 15 is 0 Å². The highest BCUT2D eigenvalue weighted by Crippen LogP contribution is 2.46. The third-order valence-electron chi connectivity index (χ3n) is 3.54. The molecule has 1 aromatic heterocycles. The number of rotatable bonds is 2. The zero-order valence-electron chi connectivity index (χ0n) is 11.0. The predicted molar refractivity (Wildman–Crippen MR) is 74.1 cm³/mol. The summed E-state index contributed by atoms with van der Waals surface area (Å²) in [7, 11) is 0. The van der Waals surface area contributed by atoms with Gasteiger partial charge in [-0.1, -0.05) is 34.6 Å². The van der Waals surface area contributed by atoms with Crippen LogP contribution in [0.25, 0.3) is 0 Å². The summed E-state index contributed by atoms with van der Waals surface area (Å²) < 4.78 is 4.40. The number of hydrogen-bond donors (Lipinski definition) is 1. The van der Waals surface area contributed by atoms with E-state index in [-0.39, 0.29) is 16.2 Å². The highest BCUT2D eigenvalue weighted by molar-refractivity contribution is 7.09. The summed E-state index contributed by atoms with van der Waals surface area (Å²) in [6.45, 7) is 10.8. The monoisotopic (exact) mass is 273 g/mol. The summed E-state index contributed by atoms with van der Waals surface area (Å²) in [4.78, 5) is 4.55. The van der Waals surface area contributed by atoms with E-state index in [2.05, 4.69) is 49.3 Å². The highest BCUT2D eigenvalue weighted by Gasteiger charge is 2.47. The molecule has 1 N–H and O–H groups in total. The van der Waals surface area contributed by atoms with Crippen molar-refractivity contribution < 1.29 is 0 Å². The molecule has 5 heteroatoms. The van der Waals surface area contributed by atoms with Gasteiger partial charge in [0, 0.05) is 33.8 Å². The lowest BCUT2D eigenvalue weighted by Crippen LogP contribution is -2.54. The molecule has 0 aromatic carbocycles. The number of nitrogens with zero attached hydrogens (tertiary/aromatic N) is 2. The van der Waals surface area contributed by atoms with Crippen LogP contribution in [0.1, 0.15) is 46.9 Å². The Morgan fingerprint density at radius 3 is 2.47 bits per heavy atom. The van der Waals surface area contributed by atoms with Gasteiger partial charge in [0.2, 0.25) is 5.13 Å². The van der Waals surface area contributed by atoms with Crippen LogP contribution >= 0.6 is 23.1 Å². The van der Waals surface area contributed by atoms with Gasteiger partial charge in [-0.2, -0.15) is 4.37 Å². The lowest BCUT2D eigenvalue weighted by molar-refractivity contribution is 0.168. The Balaban J connectivity index is 2.04. The Kier molecular flexibility index (Phi) is 3.15. The second-order valence-electron chi connectivity index (χ2n) is 6.39. The van der Waals surface area contributed by atoms with Crippen molar-refractivity contribution in [3.8, 4) is 0 Å². The molecule has 1 aliphatic rings. The molecule has 96 valence electrons. The van der Waals surface area contributed by atoms with Crippen LogP contribution in [0, 0.1) is 5.41 Å². The van der Waals surface area contributed by atoms with E-state index in [1.54, 1.807) is 0 Å². The predicted octanol–water partition coefficient (Wildman–Crippen LogP) is 3.65. The maximum Gasteiger partial charge on any atom is 0.202 e. The van der Waals surface area contributed by atoms with Crippen LogP contribution in [0.3, 0.4) is 0 Å². The zero-order chi connectivity index (χ0) is 12.8. The third kappa shape index (κ3) is 2.43. The minimum absolute atomic E-state index is 0.0145. The van der Waals surface area contributed by atoms with Gasteiger partial charge in [-0.05, 0) is 6.42 Å². The quantitative estimate of drug-likeness (QED) is 0.836. The van der Waals surface area contributed by atoms with Crippen molar-refractivity contribution in [1.29, 1.82) is 0 Å². The van der Waals surface area contributed by atoms with E-state index in [0.29, 0.717) is 6.04 Å². The van der Waals surface area contributed by atoms with Crippen molar-refractivity contribution in [1.82, 2.24) is 9.36 Å². The zero-order valence-corrected chi connectivity index (χ0v) is 12.6. The summed E-state index contributed by atoms with van der Waals surface area (Å²) in [5.74, 6) is 0.907. The molecule has 0 amide bonds. The molecule has 0 bridgehead atoms. The topological polar surface area (TPSA) is 37.8 Å². The maximum atomic E-state index is 6.21. The molecule has 0 radical (unpaired) electrons. The molecule has 0 spiro atoms. The molecule has 1 aromatic rings. The fourth-order valence-electron chi connectivity index (χ4n) is 1.85. The van der Waals surface area contributed by atoms with Crippen molar-refractivity contribution in [2.75, 3.05) is 5.32 Å². The van der Waals surface area contributed by atoms with Crippen LogP contribution in [0.5, 0.6) is 0 Å². The number of halogens is 1. The lowest BCUT2D eigenvalue weighted by Gasteiger charge is -2.49. The Hall–Kier alpha value is -0.350. The first-order valence-corrected chi connectivity index (χ1v) is 7.17. The number of nitrogens with one attached hydrogen (secondary N) is 1. The van der Waals surface area contributed by atoms with Gasteiger partial charge in [0.1, 0.15) is 5.82 Å². The number of alkyl halides is 1. The van der Waals surface area contributed by atoms with Crippen molar-refractivity contribution in [3.63, 3.8) is 0 Å². The van der Waals surface area contributed by atoms with E-state index in [9.17, 15) is 0 Å². The molecule has 2 unspecified atom stereocenters. The fraction of sp³-hybridized carbons (Fsp3) is 0.833. The van der Waals surface area contributed by atoms with Gasteiger partial charge in [-0.15, -0.1) is 11.6 Å². The summed E-state index contributed by atoms with van der Waals surface area (Å²) in [5.41, 5.74) is 0.149. The second-order valence-corrected chi connectivity index (χ2v) is 7.67. The molecule has 2 rings (SSSR count). The van der Waals surface area contributed by atoms with Gasteiger partial charge in [0.25, 0.3) is 0 Å². The van der Waals surface area contributed by atoms with E-state index in [1.165, 1.54) is 11.5 Å². The van der Waals surface area contributed by atoms with Crippen molar-refractivity contribution in [2.45, 2.75) is 57.9 Å². The Morgan fingerprint density at radius 2 is 2.06 bits per heavy atom. The molecule has 1 saturated carbocycles.